The maximum atomic E-state index is 12.7. The van der Waals surface area contributed by atoms with Gasteiger partial charge in [-0.25, -0.2) is 4.68 Å². The summed E-state index contributed by atoms with van der Waals surface area (Å²) in [7, 11) is 0. The molecule has 28 heavy (non-hydrogen) atoms. The number of aryl methyl sites for hydroxylation is 1. The highest BCUT2D eigenvalue weighted by molar-refractivity contribution is 5.85. The number of rotatable bonds is 7. The van der Waals surface area contributed by atoms with Crippen LogP contribution in [-0.2, 0) is 16.0 Å². The molecule has 0 spiro atoms. The van der Waals surface area contributed by atoms with Gasteiger partial charge in [0, 0.05) is 24.2 Å². The summed E-state index contributed by atoms with van der Waals surface area (Å²) >= 11 is 0. The summed E-state index contributed by atoms with van der Waals surface area (Å²) in [5.74, 6) is -0.148. The van der Waals surface area contributed by atoms with E-state index in [9.17, 15) is 9.59 Å². The van der Waals surface area contributed by atoms with Gasteiger partial charge in [0.2, 0.25) is 11.8 Å². The topological polar surface area (TPSA) is 67.2 Å². The molecule has 0 aliphatic heterocycles. The van der Waals surface area contributed by atoms with Gasteiger partial charge in [0.15, 0.2) is 0 Å². The minimum atomic E-state index is -0.306. The zero-order chi connectivity index (χ0) is 20.9. The van der Waals surface area contributed by atoms with Gasteiger partial charge in [-0.2, -0.15) is 5.10 Å². The first-order chi connectivity index (χ1) is 13.1. The second-order valence-corrected chi connectivity index (χ2v) is 8.10. The van der Waals surface area contributed by atoms with Gasteiger partial charge in [0.05, 0.1) is 17.9 Å². The van der Waals surface area contributed by atoms with Gasteiger partial charge in [-0.05, 0) is 65.7 Å². The lowest BCUT2D eigenvalue weighted by molar-refractivity contribution is -0.136. The quantitative estimate of drug-likeness (QED) is 0.797. The van der Waals surface area contributed by atoms with E-state index in [1.807, 2.05) is 76.6 Å². The first-order valence-corrected chi connectivity index (χ1v) is 9.81. The van der Waals surface area contributed by atoms with E-state index in [1.54, 1.807) is 4.90 Å². The summed E-state index contributed by atoms with van der Waals surface area (Å²) in [6.07, 6.45) is 0.972. The summed E-state index contributed by atoms with van der Waals surface area (Å²) in [5.41, 5.74) is 3.77. The fourth-order valence-electron chi connectivity index (χ4n) is 3.25. The van der Waals surface area contributed by atoms with Crippen LogP contribution in [0.25, 0.3) is 5.69 Å². The zero-order valence-corrected chi connectivity index (χ0v) is 17.9. The normalized spacial score (nSPS) is 11.4. The van der Waals surface area contributed by atoms with Crippen LogP contribution in [0.15, 0.2) is 30.3 Å². The van der Waals surface area contributed by atoms with Gasteiger partial charge < -0.3 is 10.2 Å². The van der Waals surface area contributed by atoms with Crippen molar-refractivity contribution in [2.24, 2.45) is 0 Å². The van der Waals surface area contributed by atoms with E-state index in [4.69, 9.17) is 0 Å². The third kappa shape index (κ3) is 5.68. The molecule has 0 fully saturated rings. The standard InChI is InChI=1S/C22H32N4O2/c1-7-25(15-20(27)23-22(4,5)6)21(28)14-13-19-16(2)24-26(17(19)3)18-11-9-8-10-12-18/h8-12H,7,13-15H2,1-6H3,(H,23,27). The molecule has 6 heteroatoms. The van der Waals surface area contributed by atoms with E-state index in [-0.39, 0.29) is 23.9 Å². The molecule has 1 aromatic heterocycles. The number of carbonyl (C=O) groups excluding carboxylic acids is 2. The molecule has 0 bridgehead atoms. The average molecular weight is 385 g/mol. The second-order valence-electron chi connectivity index (χ2n) is 8.10. The monoisotopic (exact) mass is 384 g/mol. The lowest BCUT2D eigenvalue weighted by atomic mass is 10.1. The molecule has 2 rings (SSSR count). The number of hydrogen-bond acceptors (Lipinski definition) is 3. The van der Waals surface area contributed by atoms with Gasteiger partial charge >= 0.3 is 0 Å². The van der Waals surface area contributed by atoms with Crippen molar-refractivity contribution >= 4 is 11.8 Å². The van der Waals surface area contributed by atoms with Crippen molar-refractivity contribution in [1.82, 2.24) is 20.0 Å². The first kappa shape index (κ1) is 21.7. The molecule has 6 nitrogen and oxygen atoms in total. The Morgan fingerprint density at radius 2 is 1.79 bits per heavy atom. The van der Waals surface area contributed by atoms with Gasteiger partial charge in [0.25, 0.3) is 0 Å². The Morgan fingerprint density at radius 1 is 1.14 bits per heavy atom. The van der Waals surface area contributed by atoms with Crippen LogP contribution in [0.4, 0.5) is 0 Å². The number of carbonyl (C=O) groups is 2. The summed E-state index contributed by atoms with van der Waals surface area (Å²) in [5, 5.41) is 7.55. The molecule has 0 atom stereocenters. The number of nitrogens with one attached hydrogen (secondary N) is 1. The number of hydrogen-bond donors (Lipinski definition) is 1. The van der Waals surface area contributed by atoms with Crippen LogP contribution >= 0.6 is 0 Å². The SMILES string of the molecule is CCN(CC(=O)NC(C)(C)C)C(=O)CCc1c(C)nn(-c2ccccc2)c1C. The van der Waals surface area contributed by atoms with Crippen molar-refractivity contribution in [1.29, 1.82) is 0 Å². The summed E-state index contributed by atoms with van der Waals surface area (Å²) in [6.45, 7) is 12.3. The average Bonchev–Trinajstić information content (AvgIpc) is 2.91. The van der Waals surface area contributed by atoms with Crippen LogP contribution < -0.4 is 5.32 Å². The van der Waals surface area contributed by atoms with Crippen molar-refractivity contribution in [3.63, 3.8) is 0 Å². The van der Waals surface area contributed by atoms with Crippen LogP contribution in [0.5, 0.6) is 0 Å². The van der Waals surface area contributed by atoms with Crippen molar-refractivity contribution in [3.8, 4) is 5.69 Å². The molecular formula is C22H32N4O2. The Kier molecular flexibility index (Phi) is 7.00. The first-order valence-electron chi connectivity index (χ1n) is 9.81. The largest absolute Gasteiger partial charge is 0.350 e. The Bertz CT molecular complexity index is 819. The molecular weight excluding hydrogens is 352 g/mol. The Morgan fingerprint density at radius 3 is 2.36 bits per heavy atom. The molecule has 2 aromatic rings. The molecule has 1 heterocycles. The number of nitrogens with zero attached hydrogens (tertiary/aromatic N) is 3. The lowest BCUT2D eigenvalue weighted by Gasteiger charge is -2.25. The number of benzene rings is 1. The molecule has 0 saturated heterocycles. The van der Waals surface area contributed by atoms with Gasteiger partial charge in [-0.15, -0.1) is 0 Å². The number of para-hydroxylation sites is 1. The molecule has 0 aliphatic carbocycles. The second kappa shape index (κ2) is 9.04. The predicted octanol–water partition coefficient (Wildman–Crippen LogP) is 3.18. The van der Waals surface area contributed by atoms with E-state index in [0.717, 1.165) is 22.6 Å². The van der Waals surface area contributed by atoms with E-state index in [2.05, 4.69) is 10.4 Å². The van der Waals surface area contributed by atoms with Crippen molar-refractivity contribution in [2.75, 3.05) is 13.1 Å². The summed E-state index contributed by atoms with van der Waals surface area (Å²) < 4.78 is 1.92. The van der Waals surface area contributed by atoms with Crippen LogP contribution in [0.3, 0.4) is 0 Å². The van der Waals surface area contributed by atoms with Gasteiger partial charge in [-0.3, -0.25) is 9.59 Å². The van der Waals surface area contributed by atoms with E-state index in [0.29, 0.717) is 19.4 Å². The highest BCUT2D eigenvalue weighted by atomic mass is 16.2. The maximum Gasteiger partial charge on any atom is 0.240 e. The minimum Gasteiger partial charge on any atom is -0.350 e. The molecule has 2 amide bonds. The van der Waals surface area contributed by atoms with E-state index < -0.39 is 0 Å². The summed E-state index contributed by atoms with van der Waals surface area (Å²) in [4.78, 5) is 26.4. The molecule has 0 radical (unpaired) electrons. The predicted molar refractivity (Wildman–Crippen MR) is 112 cm³/mol. The summed E-state index contributed by atoms with van der Waals surface area (Å²) in [6, 6.07) is 9.97. The maximum absolute atomic E-state index is 12.7. The number of likely N-dealkylation sites (N-methyl/N-ethyl adjacent to an activating group) is 1. The lowest BCUT2D eigenvalue weighted by Crippen LogP contribution is -2.47. The van der Waals surface area contributed by atoms with Crippen molar-refractivity contribution in [2.45, 2.75) is 59.9 Å². The van der Waals surface area contributed by atoms with Crippen molar-refractivity contribution in [3.05, 3.63) is 47.3 Å². The van der Waals surface area contributed by atoms with Crippen LogP contribution in [-0.4, -0.2) is 45.1 Å². The Labute approximate surface area is 167 Å². The molecule has 1 aromatic carbocycles. The minimum absolute atomic E-state index is 0.0159. The third-order valence-electron chi connectivity index (χ3n) is 4.61. The molecule has 0 aliphatic rings. The fourth-order valence-corrected chi connectivity index (χ4v) is 3.25. The molecule has 152 valence electrons. The third-order valence-corrected chi connectivity index (χ3v) is 4.61. The molecule has 1 N–H and O–H groups in total. The van der Waals surface area contributed by atoms with E-state index >= 15 is 0 Å². The van der Waals surface area contributed by atoms with Gasteiger partial charge in [-0.1, -0.05) is 18.2 Å². The number of amides is 2. The smallest absolute Gasteiger partial charge is 0.240 e. The van der Waals surface area contributed by atoms with Crippen LogP contribution in [0, 0.1) is 13.8 Å². The van der Waals surface area contributed by atoms with Gasteiger partial charge in [0.1, 0.15) is 0 Å². The Hall–Kier alpha value is -2.63. The number of aromatic nitrogens is 2. The Balaban J connectivity index is 2.03. The molecule has 0 saturated carbocycles. The van der Waals surface area contributed by atoms with Crippen molar-refractivity contribution < 1.29 is 9.59 Å². The fraction of sp³-hybridized carbons (Fsp3) is 0.500. The zero-order valence-electron chi connectivity index (χ0n) is 17.9. The van der Waals surface area contributed by atoms with Crippen LogP contribution in [0.1, 0.15) is 51.1 Å². The highest BCUT2D eigenvalue weighted by Crippen LogP contribution is 2.19. The van der Waals surface area contributed by atoms with Crippen LogP contribution in [0.2, 0.25) is 0 Å². The van der Waals surface area contributed by atoms with E-state index in [1.165, 1.54) is 0 Å². The highest BCUT2D eigenvalue weighted by Gasteiger charge is 2.20. The molecule has 0 unspecified atom stereocenters.